The minimum atomic E-state index is -0.950. The van der Waals surface area contributed by atoms with E-state index in [4.69, 9.17) is 18.6 Å². The Balaban J connectivity index is 1.18. The topological polar surface area (TPSA) is 98.9 Å². The number of anilines is 1. The third-order valence-corrected chi connectivity index (χ3v) is 7.25. The van der Waals surface area contributed by atoms with Gasteiger partial charge in [0.1, 0.15) is 36.3 Å². The molecular weight excluding hydrogens is 518 g/mol. The summed E-state index contributed by atoms with van der Waals surface area (Å²) < 4.78 is 24.6. The Morgan fingerprint density at radius 1 is 0.805 bits per heavy atom. The van der Waals surface area contributed by atoms with Crippen LogP contribution in [0.1, 0.15) is 28.4 Å². The number of hydrogen-bond acceptors (Lipinski definition) is 8. The fraction of sp³-hybridized carbons (Fsp3) is 0.273. The van der Waals surface area contributed by atoms with Crippen LogP contribution in [0.5, 0.6) is 0 Å². The largest absolute Gasteiger partial charge is 0.458 e. The third-order valence-electron chi connectivity index (χ3n) is 7.25. The maximum absolute atomic E-state index is 11.5. The fourth-order valence-corrected chi connectivity index (χ4v) is 5.14. The van der Waals surface area contributed by atoms with E-state index in [1.165, 1.54) is 11.9 Å². The van der Waals surface area contributed by atoms with Gasteiger partial charge in [0.05, 0.1) is 26.1 Å². The van der Waals surface area contributed by atoms with Crippen LogP contribution in [0.15, 0.2) is 108 Å². The van der Waals surface area contributed by atoms with E-state index in [1.54, 1.807) is 6.26 Å². The van der Waals surface area contributed by atoms with Crippen molar-refractivity contribution in [2.45, 2.75) is 44.1 Å². The van der Waals surface area contributed by atoms with Crippen molar-refractivity contribution in [2.75, 3.05) is 18.5 Å². The van der Waals surface area contributed by atoms with Gasteiger partial charge in [0, 0.05) is 12.1 Å². The summed E-state index contributed by atoms with van der Waals surface area (Å²) >= 11 is 0. The normalized spacial score (nSPS) is 20.4. The maximum Gasteiger partial charge on any atom is 0.194 e. The number of fused-ring (bicyclic) bond motifs is 1. The number of aliphatic hydroxyl groups is 1. The molecule has 41 heavy (non-hydrogen) atoms. The fourth-order valence-electron chi connectivity index (χ4n) is 5.14. The van der Waals surface area contributed by atoms with E-state index in [9.17, 15) is 5.11 Å². The molecule has 1 aliphatic rings. The first-order valence-corrected chi connectivity index (χ1v) is 13.9. The molecule has 5 aromatic rings. The monoisotopic (exact) mass is 551 g/mol. The summed E-state index contributed by atoms with van der Waals surface area (Å²) in [5.41, 5.74) is 5.08. The molecule has 3 aromatic carbocycles. The highest BCUT2D eigenvalue weighted by Crippen LogP contribution is 2.40. The predicted octanol–water partition coefficient (Wildman–Crippen LogP) is 5.48. The lowest BCUT2D eigenvalue weighted by molar-refractivity contribution is -0.0769. The quantitative estimate of drug-likeness (QED) is 0.210. The number of nitrogens with one attached hydrogen (secondary N) is 1. The summed E-state index contributed by atoms with van der Waals surface area (Å²) in [4.78, 5) is 8.88. The van der Waals surface area contributed by atoms with E-state index in [-0.39, 0.29) is 6.61 Å². The Bertz CT molecular complexity index is 1510. The smallest absolute Gasteiger partial charge is 0.194 e. The lowest BCUT2D eigenvalue weighted by atomic mass is 10.0. The molecule has 0 spiro atoms. The molecule has 8 nitrogen and oxygen atoms in total. The maximum atomic E-state index is 11.5. The first-order valence-electron chi connectivity index (χ1n) is 13.9. The zero-order valence-corrected chi connectivity index (χ0v) is 22.6. The zero-order chi connectivity index (χ0) is 27.9. The number of rotatable bonds is 12. The lowest BCUT2D eigenvalue weighted by Crippen LogP contribution is -2.36. The van der Waals surface area contributed by atoms with Gasteiger partial charge < -0.3 is 29.1 Å². The van der Waals surface area contributed by atoms with Gasteiger partial charge in [0.15, 0.2) is 11.4 Å². The second-order valence-electron chi connectivity index (χ2n) is 10.1. The van der Waals surface area contributed by atoms with Crippen molar-refractivity contribution in [3.05, 3.63) is 126 Å². The standard InChI is InChI=1S/C33H33N3O5/c37-29-30(26-20-40-32-28(26)35-22-36-33(32)34-17-16-23-10-4-1-5-11-23)41-27(21-38-18-24-12-6-2-7-13-24)31(29)39-19-25-14-8-3-9-15-25/h1-15,20,22,27,29-31,37H,16-19,21H2,(H,34,35,36)/t27-,29+,30+,31-/m1/s1. The molecule has 0 bridgehead atoms. The van der Waals surface area contributed by atoms with Crippen LogP contribution in [0.2, 0.25) is 0 Å². The molecule has 2 aromatic heterocycles. The Hall–Kier alpha value is -4.08. The summed E-state index contributed by atoms with van der Waals surface area (Å²) in [5, 5.41) is 14.8. The average molecular weight is 552 g/mol. The molecule has 0 aliphatic carbocycles. The van der Waals surface area contributed by atoms with E-state index < -0.39 is 24.4 Å². The van der Waals surface area contributed by atoms with Crippen LogP contribution in [-0.2, 0) is 33.8 Å². The highest BCUT2D eigenvalue weighted by Gasteiger charge is 2.46. The SMILES string of the molecule is O[C@@H]1[C@H](OCc2ccccc2)[C@@H](COCc2ccccc2)O[C@H]1c1coc2c(NCCc3ccccc3)ncnc12. The Labute approximate surface area is 238 Å². The number of aromatic nitrogens is 2. The first-order chi connectivity index (χ1) is 20.3. The predicted molar refractivity (Wildman–Crippen MR) is 155 cm³/mol. The van der Waals surface area contributed by atoms with Crippen molar-refractivity contribution in [3.63, 3.8) is 0 Å². The second-order valence-corrected chi connectivity index (χ2v) is 10.1. The van der Waals surface area contributed by atoms with Gasteiger partial charge in [0.2, 0.25) is 0 Å². The van der Waals surface area contributed by atoms with Crippen LogP contribution in [0.4, 0.5) is 5.82 Å². The lowest BCUT2D eigenvalue weighted by Gasteiger charge is -2.21. The first kappa shape index (κ1) is 27.1. The Morgan fingerprint density at radius 3 is 2.17 bits per heavy atom. The van der Waals surface area contributed by atoms with Crippen LogP contribution < -0.4 is 5.32 Å². The third kappa shape index (κ3) is 6.47. The van der Waals surface area contributed by atoms with Crippen LogP contribution in [-0.4, -0.2) is 46.5 Å². The van der Waals surface area contributed by atoms with Crippen LogP contribution in [0, 0.1) is 0 Å². The van der Waals surface area contributed by atoms with E-state index in [0.717, 1.165) is 17.5 Å². The van der Waals surface area contributed by atoms with Crippen molar-refractivity contribution < 1.29 is 23.7 Å². The zero-order valence-electron chi connectivity index (χ0n) is 22.6. The molecule has 3 heterocycles. The average Bonchev–Trinajstić information content (AvgIpc) is 3.58. The van der Waals surface area contributed by atoms with Gasteiger partial charge in [-0.25, -0.2) is 9.97 Å². The summed E-state index contributed by atoms with van der Waals surface area (Å²) in [5.74, 6) is 0.601. The summed E-state index contributed by atoms with van der Waals surface area (Å²) in [6, 6.07) is 30.1. The molecule has 1 saturated heterocycles. The summed E-state index contributed by atoms with van der Waals surface area (Å²) in [6.45, 7) is 1.73. The van der Waals surface area contributed by atoms with Crippen molar-refractivity contribution in [2.24, 2.45) is 0 Å². The van der Waals surface area contributed by atoms with Gasteiger partial charge in [-0.2, -0.15) is 0 Å². The van der Waals surface area contributed by atoms with Gasteiger partial charge in [-0.3, -0.25) is 0 Å². The Kier molecular flexibility index (Phi) is 8.63. The number of benzene rings is 3. The van der Waals surface area contributed by atoms with Gasteiger partial charge in [-0.1, -0.05) is 91.0 Å². The molecule has 0 amide bonds. The van der Waals surface area contributed by atoms with E-state index in [0.29, 0.717) is 42.2 Å². The summed E-state index contributed by atoms with van der Waals surface area (Å²) in [7, 11) is 0. The molecule has 0 unspecified atom stereocenters. The molecule has 8 heteroatoms. The van der Waals surface area contributed by atoms with Crippen molar-refractivity contribution >= 4 is 16.9 Å². The molecule has 0 saturated carbocycles. The molecule has 210 valence electrons. The number of nitrogens with zero attached hydrogens (tertiary/aromatic N) is 2. The highest BCUT2D eigenvalue weighted by molar-refractivity contribution is 5.86. The number of ether oxygens (including phenoxy) is 3. The highest BCUT2D eigenvalue weighted by atomic mass is 16.6. The van der Waals surface area contributed by atoms with Crippen LogP contribution in [0.3, 0.4) is 0 Å². The Morgan fingerprint density at radius 2 is 1.46 bits per heavy atom. The van der Waals surface area contributed by atoms with E-state index >= 15 is 0 Å². The van der Waals surface area contributed by atoms with Crippen molar-refractivity contribution in [3.8, 4) is 0 Å². The number of furan rings is 1. The van der Waals surface area contributed by atoms with Gasteiger partial charge in [0.25, 0.3) is 0 Å². The van der Waals surface area contributed by atoms with Crippen molar-refractivity contribution in [1.82, 2.24) is 9.97 Å². The van der Waals surface area contributed by atoms with Crippen LogP contribution in [0.25, 0.3) is 11.1 Å². The molecule has 2 N–H and O–H groups in total. The van der Waals surface area contributed by atoms with Crippen molar-refractivity contribution in [1.29, 1.82) is 0 Å². The molecule has 1 aliphatic heterocycles. The van der Waals surface area contributed by atoms with E-state index in [1.807, 2.05) is 78.9 Å². The van der Waals surface area contributed by atoms with Gasteiger partial charge in [-0.15, -0.1) is 0 Å². The van der Waals surface area contributed by atoms with Gasteiger partial charge in [-0.05, 0) is 23.1 Å². The molecule has 0 radical (unpaired) electrons. The minimum Gasteiger partial charge on any atom is -0.458 e. The molecule has 1 fully saturated rings. The molecule has 4 atom stereocenters. The second kappa shape index (κ2) is 13.1. The molecular formula is C33H33N3O5. The van der Waals surface area contributed by atoms with Crippen LogP contribution >= 0.6 is 0 Å². The minimum absolute atomic E-state index is 0.263. The molecule has 6 rings (SSSR count). The summed E-state index contributed by atoms with van der Waals surface area (Å²) in [6.07, 6.45) is 1.19. The number of aliphatic hydroxyl groups excluding tert-OH is 1. The number of hydrogen-bond donors (Lipinski definition) is 2. The van der Waals surface area contributed by atoms with E-state index in [2.05, 4.69) is 27.4 Å². The van der Waals surface area contributed by atoms with Gasteiger partial charge >= 0.3 is 0 Å².